The molecule has 1 aromatic rings. The minimum atomic E-state index is -0.667. The van der Waals surface area contributed by atoms with E-state index in [2.05, 4.69) is 5.32 Å². The van der Waals surface area contributed by atoms with E-state index in [-0.39, 0.29) is 22.5 Å². The highest BCUT2D eigenvalue weighted by molar-refractivity contribution is 6.56. The number of amides is 1. The van der Waals surface area contributed by atoms with Crippen molar-refractivity contribution >= 4 is 42.3 Å². The van der Waals surface area contributed by atoms with Crippen LogP contribution in [0.3, 0.4) is 0 Å². The Balaban J connectivity index is 2.38. The van der Waals surface area contributed by atoms with Gasteiger partial charge in [0.05, 0.1) is 21.2 Å². The van der Waals surface area contributed by atoms with Crippen LogP contribution in [0.15, 0.2) is 17.6 Å². The highest BCUT2D eigenvalue weighted by Crippen LogP contribution is 2.39. The minimum Gasteiger partial charge on any atom is -0.400 e. The summed E-state index contributed by atoms with van der Waals surface area (Å²) in [6, 6.07) is 2.92. The summed E-state index contributed by atoms with van der Waals surface area (Å²) >= 11 is 11.7. The van der Waals surface area contributed by atoms with Gasteiger partial charge in [-0.15, -0.1) is 0 Å². The van der Waals surface area contributed by atoms with E-state index in [0.29, 0.717) is 11.0 Å². The van der Waals surface area contributed by atoms with E-state index in [0.717, 1.165) is 0 Å². The molecule has 0 aromatic heterocycles. The Kier molecular flexibility index (Phi) is 5.89. The average molecular weight is 388 g/mol. The van der Waals surface area contributed by atoms with E-state index in [9.17, 15) is 9.18 Å². The molecule has 0 aliphatic carbocycles. The third-order valence-electron chi connectivity index (χ3n) is 4.46. The number of rotatable bonds is 4. The molecule has 25 heavy (non-hydrogen) atoms. The predicted octanol–water partition coefficient (Wildman–Crippen LogP) is 4.28. The fourth-order valence-corrected chi connectivity index (χ4v) is 2.80. The first kappa shape index (κ1) is 20.2. The summed E-state index contributed by atoms with van der Waals surface area (Å²) in [5.74, 6) is -0.850. The van der Waals surface area contributed by atoms with Crippen LogP contribution in [0.4, 0.5) is 4.39 Å². The highest BCUT2D eigenvalue weighted by Gasteiger charge is 2.52. The lowest BCUT2D eigenvalue weighted by Crippen LogP contribution is -2.41. The van der Waals surface area contributed by atoms with Crippen LogP contribution >= 0.6 is 23.2 Å². The van der Waals surface area contributed by atoms with Gasteiger partial charge in [0.25, 0.3) is 0 Å². The molecule has 0 spiro atoms. The molecule has 0 bridgehead atoms. The third-order valence-corrected chi connectivity index (χ3v) is 5.01. The van der Waals surface area contributed by atoms with Gasteiger partial charge < -0.3 is 14.6 Å². The minimum absolute atomic E-state index is 0.0773. The molecule has 1 heterocycles. The van der Waals surface area contributed by atoms with Crippen molar-refractivity contribution in [2.24, 2.45) is 0 Å². The first-order valence-corrected chi connectivity index (χ1v) is 8.63. The standard InChI is InChI=1S/C17H21BCl2FNO3/c1-10(23)22-9-12(18-24-16(2,3)17(4,5)25-18)6-11-7-13(19)15(21)14(20)8-11/h6-8H,9H2,1-5H3,(H,22,23). The molecular formula is C17H21BCl2FNO3. The topological polar surface area (TPSA) is 47.6 Å². The van der Waals surface area contributed by atoms with Gasteiger partial charge in [0.15, 0.2) is 5.82 Å². The van der Waals surface area contributed by atoms with E-state index in [1.165, 1.54) is 19.1 Å². The van der Waals surface area contributed by atoms with Crippen molar-refractivity contribution in [3.8, 4) is 0 Å². The van der Waals surface area contributed by atoms with E-state index >= 15 is 0 Å². The van der Waals surface area contributed by atoms with Crippen LogP contribution in [0.5, 0.6) is 0 Å². The van der Waals surface area contributed by atoms with E-state index in [1.807, 2.05) is 27.7 Å². The van der Waals surface area contributed by atoms with Gasteiger partial charge in [0, 0.05) is 13.5 Å². The van der Waals surface area contributed by atoms with E-state index in [1.54, 1.807) is 6.08 Å². The highest BCUT2D eigenvalue weighted by atomic mass is 35.5. The zero-order chi connectivity index (χ0) is 19.0. The molecule has 1 aromatic carbocycles. The molecule has 1 N–H and O–H groups in total. The number of halogens is 3. The fraction of sp³-hybridized carbons (Fsp3) is 0.471. The van der Waals surface area contributed by atoms with Gasteiger partial charge in [-0.05, 0) is 50.9 Å². The molecule has 0 unspecified atom stereocenters. The molecule has 0 radical (unpaired) electrons. The zero-order valence-electron chi connectivity index (χ0n) is 14.9. The Hall–Kier alpha value is -1.08. The molecule has 1 aliphatic heterocycles. The molecule has 8 heteroatoms. The van der Waals surface area contributed by atoms with E-state index < -0.39 is 24.1 Å². The van der Waals surface area contributed by atoms with Crippen molar-refractivity contribution in [2.45, 2.75) is 45.8 Å². The molecule has 1 aliphatic rings. The summed E-state index contributed by atoms with van der Waals surface area (Å²) in [5, 5.41) is 2.58. The second-order valence-electron chi connectivity index (χ2n) is 7.02. The van der Waals surface area contributed by atoms with Crippen molar-refractivity contribution < 1.29 is 18.5 Å². The van der Waals surface area contributed by atoms with Gasteiger partial charge in [-0.3, -0.25) is 4.79 Å². The number of carbonyl (C=O) groups excluding carboxylic acids is 1. The monoisotopic (exact) mass is 387 g/mol. The molecule has 0 atom stereocenters. The van der Waals surface area contributed by atoms with Crippen LogP contribution in [0.1, 0.15) is 40.2 Å². The first-order chi connectivity index (χ1) is 11.4. The number of hydrogen-bond acceptors (Lipinski definition) is 3. The predicted molar refractivity (Wildman–Crippen MR) is 99.2 cm³/mol. The van der Waals surface area contributed by atoms with Crippen LogP contribution in [-0.4, -0.2) is 30.8 Å². The summed E-state index contributed by atoms with van der Waals surface area (Å²) in [6.07, 6.45) is 1.73. The molecule has 1 saturated heterocycles. The normalized spacial score (nSPS) is 19.2. The summed E-state index contributed by atoms with van der Waals surface area (Å²) in [7, 11) is -0.653. The van der Waals surface area contributed by atoms with Crippen molar-refractivity contribution in [1.82, 2.24) is 5.32 Å². The van der Waals surface area contributed by atoms with Gasteiger partial charge in [-0.1, -0.05) is 29.3 Å². The molecular weight excluding hydrogens is 367 g/mol. The van der Waals surface area contributed by atoms with Crippen LogP contribution in [-0.2, 0) is 14.1 Å². The summed E-state index contributed by atoms with van der Waals surface area (Å²) in [5.41, 5.74) is 0.218. The quantitative estimate of drug-likeness (QED) is 0.619. The van der Waals surface area contributed by atoms with Crippen molar-refractivity contribution in [2.75, 3.05) is 6.54 Å². The third kappa shape index (κ3) is 4.56. The zero-order valence-corrected chi connectivity index (χ0v) is 16.4. The maximum atomic E-state index is 13.6. The Morgan fingerprint density at radius 2 is 1.68 bits per heavy atom. The van der Waals surface area contributed by atoms with Crippen molar-refractivity contribution in [3.63, 3.8) is 0 Å². The van der Waals surface area contributed by atoms with Crippen molar-refractivity contribution in [1.29, 1.82) is 0 Å². The van der Waals surface area contributed by atoms with Gasteiger partial charge in [0.2, 0.25) is 5.91 Å². The van der Waals surface area contributed by atoms with Gasteiger partial charge in [-0.25, -0.2) is 4.39 Å². The van der Waals surface area contributed by atoms with Gasteiger partial charge in [-0.2, -0.15) is 0 Å². The van der Waals surface area contributed by atoms with Crippen LogP contribution in [0.25, 0.3) is 6.08 Å². The lowest BCUT2D eigenvalue weighted by atomic mass is 9.77. The molecule has 136 valence electrons. The number of benzene rings is 1. The number of hydrogen-bond donors (Lipinski definition) is 1. The molecule has 0 saturated carbocycles. The maximum Gasteiger partial charge on any atom is 0.492 e. The SMILES string of the molecule is CC(=O)NCC(=Cc1cc(Cl)c(F)c(Cl)c1)B1OC(C)(C)C(C)(C)O1. The summed E-state index contributed by atoms with van der Waals surface area (Å²) in [4.78, 5) is 11.3. The fourth-order valence-electron chi connectivity index (χ4n) is 2.30. The number of carbonyl (C=O) groups is 1. The Morgan fingerprint density at radius 3 is 2.12 bits per heavy atom. The molecule has 2 rings (SSSR count). The second-order valence-corrected chi connectivity index (χ2v) is 7.83. The summed E-state index contributed by atoms with van der Waals surface area (Å²) < 4.78 is 25.7. The maximum absolute atomic E-state index is 13.6. The van der Waals surface area contributed by atoms with Gasteiger partial charge in [0.1, 0.15) is 0 Å². The first-order valence-electron chi connectivity index (χ1n) is 7.88. The lowest BCUT2D eigenvalue weighted by molar-refractivity contribution is -0.118. The lowest BCUT2D eigenvalue weighted by Gasteiger charge is -2.32. The van der Waals surface area contributed by atoms with Crippen LogP contribution in [0, 0.1) is 5.82 Å². The molecule has 1 amide bonds. The Labute approximate surface area is 157 Å². The van der Waals surface area contributed by atoms with Crippen LogP contribution in [0.2, 0.25) is 10.0 Å². The Bertz CT molecular complexity index is 683. The van der Waals surface area contributed by atoms with Crippen LogP contribution < -0.4 is 5.32 Å². The molecule has 1 fully saturated rings. The molecule has 4 nitrogen and oxygen atoms in total. The van der Waals surface area contributed by atoms with Crippen molar-refractivity contribution in [3.05, 3.63) is 39.0 Å². The smallest absolute Gasteiger partial charge is 0.400 e. The Morgan fingerprint density at radius 1 is 1.20 bits per heavy atom. The van der Waals surface area contributed by atoms with E-state index in [4.69, 9.17) is 32.5 Å². The second kappa shape index (κ2) is 7.27. The largest absolute Gasteiger partial charge is 0.492 e. The summed E-state index contributed by atoms with van der Waals surface area (Å²) in [6.45, 7) is 9.40. The average Bonchev–Trinajstić information content (AvgIpc) is 2.68. The number of nitrogens with one attached hydrogen (secondary N) is 1. The van der Waals surface area contributed by atoms with Gasteiger partial charge >= 0.3 is 7.12 Å².